The van der Waals surface area contributed by atoms with Gasteiger partial charge in [-0.1, -0.05) is 32.6 Å². The first kappa shape index (κ1) is 20.7. The Morgan fingerprint density at radius 3 is 2.33 bits per heavy atom. The number of hydrogen-bond acceptors (Lipinski definition) is 3. The van der Waals surface area contributed by atoms with E-state index in [0.717, 1.165) is 44.6 Å². The average molecular weight is 322 g/mol. The van der Waals surface area contributed by atoms with Gasteiger partial charge in [-0.2, -0.15) is 0 Å². The smallest absolute Gasteiger partial charge is 0.220 e. The van der Waals surface area contributed by atoms with Gasteiger partial charge in [0.25, 0.3) is 0 Å². The van der Waals surface area contributed by atoms with Crippen LogP contribution in [-0.2, 0) is 14.3 Å². The Kier molecular flexibility index (Phi) is 17.5. The molecule has 0 saturated carbocycles. The van der Waals surface area contributed by atoms with Crippen molar-refractivity contribution in [2.45, 2.75) is 58.3 Å². The first-order valence-corrected chi connectivity index (χ1v) is 8.82. The average Bonchev–Trinajstić information content (AvgIpc) is 2.48. The maximum atomic E-state index is 11.4. The zero-order chi connectivity index (χ0) is 15.6. The number of ether oxygens (including phenoxy) is 2. The molecule has 0 aliphatic heterocycles. The second kappa shape index (κ2) is 17.7. The molecule has 5 heteroatoms. The van der Waals surface area contributed by atoms with Crippen LogP contribution in [-0.4, -0.2) is 44.8 Å². The molecule has 0 aliphatic carbocycles. The van der Waals surface area contributed by atoms with Gasteiger partial charge >= 0.3 is 0 Å². The molecular formula is C16H32ClNO3. The van der Waals surface area contributed by atoms with Gasteiger partial charge in [-0.25, -0.2) is 0 Å². The quantitative estimate of drug-likeness (QED) is 0.349. The summed E-state index contributed by atoms with van der Waals surface area (Å²) in [7, 11) is 0. The van der Waals surface area contributed by atoms with E-state index in [-0.39, 0.29) is 5.91 Å². The minimum Gasteiger partial charge on any atom is -0.379 e. The lowest BCUT2D eigenvalue weighted by Crippen LogP contribution is -2.27. The van der Waals surface area contributed by atoms with Crippen LogP contribution in [0.15, 0.2) is 0 Å². The van der Waals surface area contributed by atoms with Crippen molar-refractivity contribution in [3.63, 3.8) is 0 Å². The number of alkyl halides is 1. The van der Waals surface area contributed by atoms with Crippen LogP contribution in [0.1, 0.15) is 58.3 Å². The van der Waals surface area contributed by atoms with Crippen LogP contribution >= 0.6 is 11.6 Å². The largest absolute Gasteiger partial charge is 0.379 e. The van der Waals surface area contributed by atoms with Gasteiger partial charge in [-0.3, -0.25) is 4.79 Å². The molecule has 0 rings (SSSR count). The fourth-order valence-corrected chi connectivity index (χ4v) is 2.05. The maximum absolute atomic E-state index is 11.4. The minimum atomic E-state index is 0.125. The molecule has 0 unspecified atom stereocenters. The predicted octanol–water partition coefficient (Wildman–Crippen LogP) is 3.52. The van der Waals surface area contributed by atoms with Crippen LogP contribution in [0.3, 0.4) is 0 Å². The number of hydrogen-bond donors (Lipinski definition) is 1. The number of amides is 1. The third-order valence-corrected chi connectivity index (χ3v) is 3.39. The molecule has 21 heavy (non-hydrogen) atoms. The molecule has 0 radical (unpaired) electrons. The van der Waals surface area contributed by atoms with Crippen molar-refractivity contribution in [1.82, 2.24) is 5.32 Å². The first-order chi connectivity index (χ1) is 10.3. The summed E-state index contributed by atoms with van der Waals surface area (Å²) >= 11 is 5.60. The lowest BCUT2D eigenvalue weighted by Gasteiger charge is -2.07. The molecule has 4 nitrogen and oxygen atoms in total. The molecule has 0 spiro atoms. The van der Waals surface area contributed by atoms with Gasteiger partial charge in [0, 0.05) is 25.5 Å². The van der Waals surface area contributed by atoms with E-state index >= 15 is 0 Å². The van der Waals surface area contributed by atoms with Crippen LogP contribution in [0, 0.1) is 0 Å². The lowest BCUT2D eigenvalue weighted by molar-refractivity contribution is -0.121. The fourth-order valence-electron chi connectivity index (χ4n) is 1.86. The molecule has 1 amide bonds. The highest BCUT2D eigenvalue weighted by Gasteiger charge is 1.99. The lowest BCUT2D eigenvalue weighted by atomic mass is 10.2. The standard InChI is InChI=1S/C16H32ClNO3/c1-2-3-6-9-16(19)18-11-13-21-15-14-20-12-8-5-4-7-10-17/h2-15H2,1H3,(H,18,19). The Morgan fingerprint density at radius 2 is 1.62 bits per heavy atom. The molecule has 0 saturated heterocycles. The van der Waals surface area contributed by atoms with E-state index in [9.17, 15) is 4.79 Å². The summed E-state index contributed by atoms with van der Waals surface area (Å²) in [6.45, 7) is 5.28. The van der Waals surface area contributed by atoms with Gasteiger partial charge in [-0.05, 0) is 19.3 Å². The van der Waals surface area contributed by atoms with Crippen molar-refractivity contribution in [3.05, 3.63) is 0 Å². The van der Waals surface area contributed by atoms with E-state index in [1.807, 2.05) is 0 Å². The van der Waals surface area contributed by atoms with Crippen LogP contribution in [0.2, 0.25) is 0 Å². The molecular weight excluding hydrogens is 290 g/mol. The Bertz CT molecular complexity index is 228. The van der Waals surface area contributed by atoms with Gasteiger partial charge in [0.15, 0.2) is 0 Å². The minimum absolute atomic E-state index is 0.125. The zero-order valence-corrected chi connectivity index (χ0v) is 14.3. The highest BCUT2D eigenvalue weighted by atomic mass is 35.5. The van der Waals surface area contributed by atoms with E-state index in [2.05, 4.69) is 12.2 Å². The van der Waals surface area contributed by atoms with E-state index in [1.165, 1.54) is 12.8 Å². The maximum Gasteiger partial charge on any atom is 0.220 e. The monoisotopic (exact) mass is 321 g/mol. The van der Waals surface area contributed by atoms with Crippen molar-refractivity contribution in [1.29, 1.82) is 0 Å². The normalized spacial score (nSPS) is 10.8. The van der Waals surface area contributed by atoms with Crippen molar-refractivity contribution in [2.24, 2.45) is 0 Å². The summed E-state index contributed by atoms with van der Waals surface area (Å²) in [5, 5.41) is 2.86. The summed E-state index contributed by atoms with van der Waals surface area (Å²) in [6.07, 6.45) is 8.40. The SMILES string of the molecule is CCCCCC(=O)NCCOCCOCCCCCCCl. The zero-order valence-electron chi connectivity index (χ0n) is 13.5. The van der Waals surface area contributed by atoms with Crippen molar-refractivity contribution in [2.75, 3.05) is 38.9 Å². The second-order valence-electron chi connectivity index (χ2n) is 5.14. The van der Waals surface area contributed by atoms with Gasteiger partial charge in [0.1, 0.15) is 0 Å². The Hall–Kier alpha value is -0.320. The van der Waals surface area contributed by atoms with Crippen LogP contribution < -0.4 is 5.32 Å². The molecule has 0 atom stereocenters. The summed E-state index contributed by atoms with van der Waals surface area (Å²) < 4.78 is 10.9. The molecule has 0 aromatic carbocycles. The van der Waals surface area contributed by atoms with E-state index in [1.54, 1.807) is 0 Å². The number of rotatable bonds is 16. The Morgan fingerprint density at radius 1 is 0.905 bits per heavy atom. The second-order valence-corrected chi connectivity index (χ2v) is 5.51. The molecule has 0 bridgehead atoms. The third-order valence-electron chi connectivity index (χ3n) is 3.12. The molecule has 0 heterocycles. The summed E-state index contributed by atoms with van der Waals surface area (Å²) in [5.74, 6) is 0.879. The van der Waals surface area contributed by atoms with Crippen LogP contribution in [0.4, 0.5) is 0 Å². The fraction of sp³-hybridized carbons (Fsp3) is 0.938. The van der Waals surface area contributed by atoms with E-state index in [4.69, 9.17) is 21.1 Å². The predicted molar refractivity (Wildman–Crippen MR) is 88.0 cm³/mol. The molecule has 0 aromatic heterocycles. The highest BCUT2D eigenvalue weighted by Crippen LogP contribution is 2.01. The van der Waals surface area contributed by atoms with E-state index in [0.29, 0.717) is 32.8 Å². The van der Waals surface area contributed by atoms with Gasteiger partial charge in [0.05, 0.1) is 19.8 Å². The van der Waals surface area contributed by atoms with Crippen molar-refractivity contribution in [3.8, 4) is 0 Å². The highest BCUT2D eigenvalue weighted by molar-refractivity contribution is 6.17. The Labute approximate surface area is 134 Å². The Balaban J connectivity index is 3.06. The summed E-state index contributed by atoms with van der Waals surface area (Å²) in [5.41, 5.74) is 0. The third kappa shape index (κ3) is 17.6. The number of halogens is 1. The van der Waals surface area contributed by atoms with Gasteiger partial charge in [-0.15, -0.1) is 11.6 Å². The summed E-state index contributed by atoms with van der Waals surface area (Å²) in [6, 6.07) is 0. The molecule has 0 aliphatic rings. The van der Waals surface area contributed by atoms with Crippen LogP contribution in [0.5, 0.6) is 0 Å². The summed E-state index contributed by atoms with van der Waals surface area (Å²) in [4.78, 5) is 11.4. The van der Waals surface area contributed by atoms with Crippen molar-refractivity contribution < 1.29 is 14.3 Å². The van der Waals surface area contributed by atoms with E-state index < -0.39 is 0 Å². The number of nitrogens with one attached hydrogen (secondary N) is 1. The van der Waals surface area contributed by atoms with Crippen molar-refractivity contribution >= 4 is 17.5 Å². The molecule has 0 fully saturated rings. The number of carbonyl (C=O) groups is 1. The van der Waals surface area contributed by atoms with Gasteiger partial charge in [0.2, 0.25) is 5.91 Å². The molecule has 126 valence electrons. The van der Waals surface area contributed by atoms with Gasteiger partial charge < -0.3 is 14.8 Å². The number of unbranched alkanes of at least 4 members (excludes halogenated alkanes) is 5. The molecule has 1 N–H and O–H groups in total. The first-order valence-electron chi connectivity index (χ1n) is 8.29. The number of carbonyl (C=O) groups excluding carboxylic acids is 1. The topological polar surface area (TPSA) is 47.6 Å². The molecule has 0 aromatic rings. The van der Waals surface area contributed by atoms with Crippen LogP contribution in [0.25, 0.3) is 0 Å².